The Morgan fingerprint density at radius 1 is 1.38 bits per heavy atom. The molecule has 7 heteroatoms. The largest absolute Gasteiger partial charge is 0.411 e. The molecular formula is C14H24F3NO2S. The van der Waals surface area contributed by atoms with Crippen LogP contribution in [-0.2, 0) is 9.47 Å². The van der Waals surface area contributed by atoms with Gasteiger partial charge in [-0.2, -0.15) is 24.9 Å². The van der Waals surface area contributed by atoms with Crippen LogP contribution in [0.1, 0.15) is 25.7 Å². The predicted molar refractivity (Wildman–Crippen MR) is 77.7 cm³/mol. The van der Waals surface area contributed by atoms with Crippen molar-refractivity contribution < 1.29 is 22.6 Å². The van der Waals surface area contributed by atoms with Gasteiger partial charge < -0.3 is 14.8 Å². The fourth-order valence-corrected chi connectivity index (χ4v) is 4.49. The van der Waals surface area contributed by atoms with E-state index in [1.807, 2.05) is 11.8 Å². The predicted octanol–water partition coefficient (Wildman–Crippen LogP) is 2.85. The van der Waals surface area contributed by atoms with Crippen LogP contribution in [0.5, 0.6) is 0 Å². The minimum Gasteiger partial charge on any atom is -0.375 e. The Bertz CT molecular complexity index is 316. The maximum atomic E-state index is 12.2. The minimum absolute atomic E-state index is 0.0392. The molecule has 2 unspecified atom stereocenters. The standard InChI is InChI=1S/C14H24F3NO2S/c1-18-12(9-19-10-14(15,16)17)11-2-5-20-13(8-11)3-6-21-7-4-13/h11-12,18H,2-10H2,1H3. The molecule has 2 atom stereocenters. The highest BCUT2D eigenvalue weighted by Gasteiger charge is 2.41. The summed E-state index contributed by atoms with van der Waals surface area (Å²) in [5.41, 5.74) is -0.0483. The highest BCUT2D eigenvalue weighted by molar-refractivity contribution is 7.99. The second-order valence-corrected chi connectivity index (χ2v) is 7.15. The zero-order valence-electron chi connectivity index (χ0n) is 12.4. The van der Waals surface area contributed by atoms with Gasteiger partial charge >= 0.3 is 6.18 Å². The van der Waals surface area contributed by atoms with Crippen molar-refractivity contribution in [1.29, 1.82) is 0 Å². The Balaban J connectivity index is 1.85. The van der Waals surface area contributed by atoms with Crippen LogP contribution in [0.2, 0.25) is 0 Å². The second-order valence-electron chi connectivity index (χ2n) is 5.92. The van der Waals surface area contributed by atoms with Crippen LogP contribution in [0.4, 0.5) is 13.2 Å². The van der Waals surface area contributed by atoms with Gasteiger partial charge in [0.25, 0.3) is 0 Å². The lowest BCUT2D eigenvalue weighted by Gasteiger charge is -2.45. The quantitative estimate of drug-likeness (QED) is 0.841. The Labute approximate surface area is 128 Å². The average Bonchev–Trinajstić information content (AvgIpc) is 2.43. The molecule has 0 aromatic heterocycles. The van der Waals surface area contributed by atoms with Crippen LogP contribution in [0.25, 0.3) is 0 Å². The third kappa shape index (κ3) is 5.30. The molecule has 2 aliphatic heterocycles. The molecule has 2 aliphatic rings. The molecule has 0 aromatic carbocycles. The van der Waals surface area contributed by atoms with Gasteiger partial charge in [0.05, 0.1) is 12.2 Å². The van der Waals surface area contributed by atoms with Gasteiger partial charge in [0.15, 0.2) is 0 Å². The number of thioether (sulfide) groups is 1. The first-order chi connectivity index (χ1) is 9.94. The third-order valence-electron chi connectivity index (χ3n) is 4.44. The highest BCUT2D eigenvalue weighted by atomic mass is 32.2. The van der Waals surface area contributed by atoms with Gasteiger partial charge in [0.1, 0.15) is 6.61 Å². The summed E-state index contributed by atoms with van der Waals surface area (Å²) in [5.74, 6) is 2.54. The first kappa shape index (κ1) is 17.4. The van der Waals surface area contributed by atoms with Crippen molar-refractivity contribution >= 4 is 11.8 Å². The van der Waals surface area contributed by atoms with Crippen LogP contribution in [-0.4, -0.2) is 56.2 Å². The number of likely N-dealkylation sites (N-methyl/N-ethyl adjacent to an activating group) is 1. The average molecular weight is 327 g/mol. The summed E-state index contributed by atoms with van der Waals surface area (Å²) in [6.07, 6.45) is -0.345. The number of hydrogen-bond donors (Lipinski definition) is 1. The summed E-state index contributed by atoms with van der Waals surface area (Å²) in [4.78, 5) is 0. The summed E-state index contributed by atoms with van der Waals surface area (Å²) in [6, 6.07) is -0.0392. The first-order valence-corrected chi connectivity index (χ1v) is 8.63. The topological polar surface area (TPSA) is 30.5 Å². The number of nitrogens with one attached hydrogen (secondary N) is 1. The number of hydrogen-bond acceptors (Lipinski definition) is 4. The van der Waals surface area contributed by atoms with Gasteiger partial charge in [-0.3, -0.25) is 0 Å². The van der Waals surface area contributed by atoms with E-state index in [2.05, 4.69) is 5.32 Å². The normalized spacial score (nSPS) is 27.7. The smallest absolute Gasteiger partial charge is 0.375 e. The van der Waals surface area contributed by atoms with Crippen molar-refractivity contribution in [2.45, 2.75) is 43.5 Å². The van der Waals surface area contributed by atoms with Crippen LogP contribution in [0.3, 0.4) is 0 Å². The first-order valence-electron chi connectivity index (χ1n) is 7.48. The van der Waals surface area contributed by atoms with E-state index in [1.54, 1.807) is 7.05 Å². The molecule has 0 amide bonds. The number of ether oxygens (including phenoxy) is 2. The van der Waals surface area contributed by atoms with Gasteiger partial charge in [-0.15, -0.1) is 0 Å². The number of alkyl halides is 3. The monoisotopic (exact) mass is 327 g/mol. The molecule has 0 radical (unpaired) electrons. The summed E-state index contributed by atoms with van der Waals surface area (Å²) in [6.45, 7) is -0.367. The Morgan fingerprint density at radius 3 is 2.71 bits per heavy atom. The molecule has 1 spiro atoms. The zero-order chi connectivity index (χ0) is 15.3. The van der Waals surface area contributed by atoms with Crippen molar-refractivity contribution in [3.63, 3.8) is 0 Å². The molecule has 124 valence electrons. The van der Waals surface area contributed by atoms with E-state index in [1.165, 1.54) is 0 Å². The summed E-state index contributed by atoms with van der Waals surface area (Å²) in [7, 11) is 1.79. The highest BCUT2D eigenvalue weighted by Crippen LogP contribution is 2.40. The summed E-state index contributed by atoms with van der Waals surface area (Å²) < 4.78 is 47.4. The molecule has 2 rings (SSSR count). The van der Waals surface area contributed by atoms with Crippen LogP contribution >= 0.6 is 11.8 Å². The molecule has 2 heterocycles. The van der Waals surface area contributed by atoms with E-state index in [-0.39, 0.29) is 18.2 Å². The van der Waals surface area contributed by atoms with Gasteiger partial charge in [-0.05, 0) is 50.2 Å². The Kier molecular flexibility index (Phi) is 6.23. The van der Waals surface area contributed by atoms with Crippen molar-refractivity contribution in [3.8, 4) is 0 Å². The summed E-state index contributed by atoms with van der Waals surface area (Å²) >= 11 is 1.95. The minimum atomic E-state index is -4.25. The van der Waals surface area contributed by atoms with Crippen LogP contribution in [0.15, 0.2) is 0 Å². The van der Waals surface area contributed by atoms with E-state index in [9.17, 15) is 13.2 Å². The van der Waals surface area contributed by atoms with Gasteiger partial charge in [0, 0.05) is 12.6 Å². The van der Waals surface area contributed by atoms with E-state index >= 15 is 0 Å². The molecule has 0 saturated carbocycles. The third-order valence-corrected chi connectivity index (χ3v) is 5.42. The molecule has 0 bridgehead atoms. The maximum absolute atomic E-state index is 12.2. The SMILES string of the molecule is CNC(COCC(F)(F)F)C1CCOC2(CCSCC2)C1. The lowest BCUT2D eigenvalue weighted by Crippen LogP contribution is -2.49. The Hall–Kier alpha value is 0.0200. The number of rotatable bonds is 5. The van der Waals surface area contributed by atoms with Gasteiger partial charge in [-0.1, -0.05) is 0 Å². The van der Waals surface area contributed by atoms with E-state index in [0.717, 1.165) is 37.2 Å². The van der Waals surface area contributed by atoms with Crippen LogP contribution < -0.4 is 5.32 Å². The molecule has 1 N–H and O–H groups in total. The summed E-state index contributed by atoms with van der Waals surface area (Å²) in [5, 5.41) is 3.13. The zero-order valence-corrected chi connectivity index (χ0v) is 13.2. The molecule has 21 heavy (non-hydrogen) atoms. The lowest BCUT2D eigenvalue weighted by molar-refractivity contribution is -0.178. The fourth-order valence-electron chi connectivity index (χ4n) is 3.26. The van der Waals surface area contributed by atoms with E-state index in [0.29, 0.717) is 12.5 Å². The van der Waals surface area contributed by atoms with Crippen molar-refractivity contribution in [2.24, 2.45) is 5.92 Å². The lowest BCUT2D eigenvalue weighted by atomic mass is 9.79. The molecular weight excluding hydrogens is 303 g/mol. The fraction of sp³-hybridized carbons (Fsp3) is 1.00. The van der Waals surface area contributed by atoms with Gasteiger partial charge in [-0.25, -0.2) is 0 Å². The number of halogens is 3. The second kappa shape index (κ2) is 7.53. The Morgan fingerprint density at radius 2 is 2.10 bits per heavy atom. The van der Waals surface area contributed by atoms with E-state index < -0.39 is 12.8 Å². The molecule has 2 fully saturated rings. The molecule has 0 aliphatic carbocycles. The molecule has 3 nitrogen and oxygen atoms in total. The van der Waals surface area contributed by atoms with Crippen molar-refractivity contribution in [1.82, 2.24) is 5.32 Å². The van der Waals surface area contributed by atoms with Gasteiger partial charge in [0.2, 0.25) is 0 Å². The van der Waals surface area contributed by atoms with Crippen molar-refractivity contribution in [2.75, 3.05) is 38.4 Å². The van der Waals surface area contributed by atoms with Crippen LogP contribution in [0, 0.1) is 5.92 Å². The molecule has 2 saturated heterocycles. The maximum Gasteiger partial charge on any atom is 0.411 e. The van der Waals surface area contributed by atoms with E-state index in [4.69, 9.17) is 9.47 Å². The molecule has 0 aromatic rings. The van der Waals surface area contributed by atoms with Crippen molar-refractivity contribution in [3.05, 3.63) is 0 Å².